The van der Waals surface area contributed by atoms with Crippen molar-refractivity contribution in [3.63, 3.8) is 0 Å². The SMILES string of the molecule is CCN(CC)C(=O)C(C)NCc1c(CO)cnc(C)c1O. The maximum atomic E-state index is 12.2. The van der Waals surface area contributed by atoms with Crippen molar-refractivity contribution in [1.29, 1.82) is 0 Å². The summed E-state index contributed by atoms with van der Waals surface area (Å²) in [6, 6.07) is -0.357. The number of nitrogens with one attached hydrogen (secondary N) is 1. The molecule has 0 aromatic carbocycles. The Kier molecular flexibility index (Phi) is 6.58. The number of hydrogen-bond donors (Lipinski definition) is 3. The maximum Gasteiger partial charge on any atom is 0.239 e. The van der Waals surface area contributed by atoms with Crippen molar-refractivity contribution in [2.24, 2.45) is 0 Å². The molecule has 1 amide bonds. The predicted octanol–water partition coefficient (Wildman–Crippen LogP) is 0.934. The molecule has 0 radical (unpaired) electrons. The van der Waals surface area contributed by atoms with Crippen LogP contribution in [0.1, 0.15) is 37.6 Å². The fourth-order valence-corrected chi connectivity index (χ4v) is 2.17. The van der Waals surface area contributed by atoms with Crippen LogP contribution in [0.4, 0.5) is 0 Å². The molecule has 1 heterocycles. The number of aryl methyl sites for hydroxylation is 1. The van der Waals surface area contributed by atoms with Crippen molar-refractivity contribution < 1.29 is 15.0 Å². The molecule has 3 N–H and O–H groups in total. The molecule has 0 spiro atoms. The Balaban J connectivity index is 2.79. The van der Waals surface area contributed by atoms with Crippen LogP contribution in [0.15, 0.2) is 6.20 Å². The number of pyridine rings is 1. The maximum absolute atomic E-state index is 12.2. The lowest BCUT2D eigenvalue weighted by Gasteiger charge is -2.24. The number of carbonyl (C=O) groups is 1. The van der Waals surface area contributed by atoms with E-state index in [9.17, 15) is 15.0 Å². The molecular weight excluding hydrogens is 270 g/mol. The van der Waals surface area contributed by atoms with Gasteiger partial charge in [-0.3, -0.25) is 9.78 Å². The summed E-state index contributed by atoms with van der Waals surface area (Å²) >= 11 is 0. The van der Waals surface area contributed by atoms with Gasteiger partial charge in [0.05, 0.1) is 18.3 Å². The van der Waals surface area contributed by atoms with Crippen molar-refractivity contribution in [2.45, 2.75) is 46.9 Å². The van der Waals surface area contributed by atoms with Crippen LogP contribution in [-0.4, -0.2) is 45.1 Å². The zero-order chi connectivity index (χ0) is 16.0. The molecule has 0 aliphatic carbocycles. The summed E-state index contributed by atoms with van der Waals surface area (Å²) in [4.78, 5) is 17.9. The highest BCUT2D eigenvalue weighted by Crippen LogP contribution is 2.23. The first-order valence-electron chi connectivity index (χ1n) is 7.25. The minimum Gasteiger partial charge on any atom is -0.506 e. The number of amides is 1. The van der Waals surface area contributed by atoms with Crippen molar-refractivity contribution >= 4 is 5.91 Å². The largest absolute Gasteiger partial charge is 0.506 e. The van der Waals surface area contributed by atoms with Gasteiger partial charge in [0.15, 0.2) is 0 Å². The quantitative estimate of drug-likeness (QED) is 0.697. The third-order valence-corrected chi connectivity index (χ3v) is 3.63. The van der Waals surface area contributed by atoms with Gasteiger partial charge >= 0.3 is 0 Å². The van der Waals surface area contributed by atoms with Gasteiger partial charge in [-0.1, -0.05) is 0 Å². The molecule has 1 aromatic heterocycles. The van der Waals surface area contributed by atoms with Gasteiger partial charge in [-0.25, -0.2) is 0 Å². The summed E-state index contributed by atoms with van der Waals surface area (Å²) in [6.07, 6.45) is 1.54. The number of nitrogens with zero attached hydrogens (tertiary/aromatic N) is 2. The molecule has 0 aliphatic heterocycles. The lowest BCUT2D eigenvalue weighted by molar-refractivity contribution is -0.132. The highest BCUT2D eigenvalue weighted by atomic mass is 16.3. The van der Waals surface area contributed by atoms with Gasteiger partial charge in [0.2, 0.25) is 5.91 Å². The van der Waals surface area contributed by atoms with Crippen LogP contribution in [0.2, 0.25) is 0 Å². The van der Waals surface area contributed by atoms with Gasteiger partial charge in [0, 0.05) is 37.0 Å². The van der Waals surface area contributed by atoms with Crippen LogP contribution in [-0.2, 0) is 17.9 Å². The molecule has 1 atom stereocenters. The van der Waals surface area contributed by atoms with Crippen molar-refractivity contribution in [1.82, 2.24) is 15.2 Å². The summed E-state index contributed by atoms with van der Waals surface area (Å²) in [5.41, 5.74) is 1.66. The Labute approximate surface area is 125 Å². The Morgan fingerprint density at radius 1 is 1.43 bits per heavy atom. The molecule has 0 bridgehead atoms. The fourth-order valence-electron chi connectivity index (χ4n) is 2.17. The van der Waals surface area contributed by atoms with E-state index < -0.39 is 0 Å². The van der Waals surface area contributed by atoms with E-state index in [4.69, 9.17) is 0 Å². The summed E-state index contributed by atoms with van der Waals surface area (Å²) in [7, 11) is 0. The minimum atomic E-state index is -0.357. The van der Waals surface area contributed by atoms with Crippen molar-refractivity contribution in [3.8, 4) is 5.75 Å². The average Bonchev–Trinajstić information content (AvgIpc) is 2.49. The monoisotopic (exact) mass is 295 g/mol. The first-order valence-corrected chi connectivity index (χ1v) is 7.25. The van der Waals surface area contributed by atoms with Gasteiger partial charge in [-0.05, 0) is 27.7 Å². The highest BCUT2D eigenvalue weighted by Gasteiger charge is 2.19. The summed E-state index contributed by atoms with van der Waals surface area (Å²) in [5.74, 6) is 0.0901. The highest BCUT2D eigenvalue weighted by molar-refractivity contribution is 5.81. The smallest absolute Gasteiger partial charge is 0.239 e. The van der Waals surface area contributed by atoms with Crippen LogP contribution in [0.5, 0.6) is 5.75 Å². The van der Waals surface area contributed by atoms with Crippen LogP contribution < -0.4 is 5.32 Å². The molecule has 6 nitrogen and oxygen atoms in total. The van der Waals surface area contributed by atoms with Crippen LogP contribution in [0, 0.1) is 6.92 Å². The van der Waals surface area contributed by atoms with Gasteiger partial charge in [0.1, 0.15) is 5.75 Å². The Hall–Kier alpha value is -1.66. The Morgan fingerprint density at radius 2 is 2.05 bits per heavy atom. The normalized spacial score (nSPS) is 12.2. The third-order valence-electron chi connectivity index (χ3n) is 3.63. The third kappa shape index (κ3) is 4.15. The van der Waals surface area contributed by atoms with Crippen LogP contribution >= 0.6 is 0 Å². The van der Waals surface area contributed by atoms with E-state index >= 15 is 0 Å². The Bertz CT molecular complexity index is 487. The number of aliphatic hydroxyl groups excluding tert-OH is 1. The van der Waals surface area contributed by atoms with E-state index in [1.54, 1.807) is 24.9 Å². The van der Waals surface area contributed by atoms with Gasteiger partial charge in [-0.15, -0.1) is 0 Å². The molecule has 0 saturated heterocycles. The van der Waals surface area contributed by atoms with E-state index in [0.717, 1.165) is 0 Å². The minimum absolute atomic E-state index is 0.0239. The van der Waals surface area contributed by atoms with E-state index in [1.165, 1.54) is 0 Å². The molecule has 1 rings (SSSR count). The van der Waals surface area contributed by atoms with Crippen molar-refractivity contribution in [3.05, 3.63) is 23.0 Å². The number of aromatic hydroxyl groups is 1. The lowest BCUT2D eigenvalue weighted by atomic mass is 10.1. The fraction of sp³-hybridized carbons (Fsp3) is 0.600. The molecule has 6 heteroatoms. The van der Waals surface area contributed by atoms with E-state index in [2.05, 4.69) is 10.3 Å². The Morgan fingerprint density at radius 3 is 2.57 bits per heavy atom. The number of aliphatic hydroxyl groups is 1. The average molecular weight is 295 g/mol. The number of hydrogen-bond acceptors (Lipinski definition) is 5. The topological polar surface area (TPSA) is 85.7 Å². The molecule has 0 aliphatic rings. The zero-order valence-electron chi connectivity index (χ0n) is 13.2. The molecule has 21 heavy (non-hydrogen) atoms. The molecule has 1 aromatic rings. The summed E-state index contributed by atoms with van der Waals surface area (Å²) < 4.78 is 0. The predicted molar refractivity (Wildman–Crippen MR) is 80.8 cm³/mol. The van der Waals surface area contributed by atoms with Crippen LogP contribution in [0.25, 0.3) is 0 Å². The summed E-state index contributed by atoms with van der Waals surface area (Å²) in [6.45, 7) is 8.82. The van der Waals surface area contributed by atoms with Crippen LogP contribution in [0.3, 0.4) is 0 Å². The molecular formula is C15H25N3O3. The van der Waals surface area contributed by atoms with Gasteiger partial charge in [0.25, 0.3) is 0 Å². The summed E-state index contributed by atoms with van der Waals surface area (Å²) in [5, 5.41) is 22.5. The number of aromatic nitrogens is 1. The van der Waals surface area contributed by atoms with Gasteiger partial charge < -0.3 is 20.4 Å². The standard InChI is InChI=1S/C15H25N3O3/c1-5-18(6-2)15(21)11(4)17-8-13-12(9-19)7-16-10(3)14(13)20/h7,11,17,19-20H,5-6,8-9H2,1-4H3. The zero-order valence-corrected chi connectivity index (χ0v) is 13.2. The number of likely N-dealkylation sites (N-methyl/N-ethyl adjacent to an activating group) is 1. The second-order valence-corrected chi connectivity index (χ2v) is 4.97. The second-order valence-electron chi connectivity index (χ2n) is 4.97. The number of rotatable bonds is 7. The first-order chi connectivity index (χ1) is 9.96. The second kappa shape index (κ2) is 7.95. The van der Waals surface area contributed by atoms with Crippen molar-refractivity contribution in [2.75, 3.05) is 13.1 Å². The lowest BCUT2D eigenvalue weighted by Crippen LogP contribution is -2.44. The van der Waals surface area contributed by atoms with E-state index in [0.29, 0.717) is 36.5 Å². The molecule has 118 valence electrons. The van der Waals surface area contributed by atoms with Gasteiger partial charge in [-0.2, -0.15) is 0 Å². The molecule has 1 unspecified atom stereocenters. The van der Waals surface area contributed by atoms with E-state index in [-0.39, 0.29) is 24.3 Å². The number of carbonyl (C=O) groups excluding carboxylic acids is 1. The molecule has 0 fully saturated rings. The van der Waals surface area contributed by atoms with E-state index in [1.807, 2.05) is 13.8 Å². The molecule has 0 saturated carbocycles. The first kappa shape index (κ1) is 17.4.